The van der Waals surface area contributed by atoms with Gasteiger partial charge in [-0.25, -0.2) is 27.1 Å². The van der Waals surface area contributed by atoms with Gasteiger partial charge in [-0.2, -0.15) is 0 Å². The Bertz CT molecular complexity index is 1260. The van der Waals surface area contributed by atoms with Crippen molar-refractivity contribution in [3.8, 4) is 11.3 Å². The molecule has 1 saturated heterocycles. The number of ether oxygens (including phenoxy) is 3. The molecular weight excluding hydrogens is 501 g/mol. The number of nitrogens with zero attached hydrogens (tertiary/aromatic N) is 3. The zero-order chi connectivity index (χ0) is 27.5. The Morgan fingerprint density at radius 2 is 1.89 bits per heavy atom. The molecule has 11 heteroatoms. The molecule has 1 fully saturated rings. The van der Waals surface area contributed by atoms with Crippen LogP contribution in [0.4, 0.5) is 10.3 Å². The molecule has 3 rings (SSSR count). The van der Waals surface area contributed by atoms with Gasteiger partial charge in [-0.05, 0) is 44.0 Å². The van der Waals surface area contributed by atoms with Gasteiger partial charge in [0.15, 0.2) is 5.79 Å². The van der Waals surface area contributed by atoms with Gasteiger partial charge in [0.2, 0.25) is 16.0 Å². The number of anilines is 1. The first kappa shape index (κ1) is 28.7. The Labute approximate surface area is 217 Å². The van der Waals surface area contributed by atoms with E-state index in [0.29, 0.717) is 28.9 Å². The van der Waals surface area contributed by atoms with Crippen molar-refractivity contribution >= 4 is 28.0 Å². The van der Waals surface area contributed by atoms with Crippen LogP contribution in [0.2, 0.25) is 0 Å². The fourth-order valence-corrected chi connectivity index (χ4v) is 4.44. The molecular formula is C26H34FN3O6S. The van der Waals surface area contributed by atoms with Crippen LogP contribution < -0.4 is 4.31 Å². The Morgan fingerprint density at radius 1 is 1.24 bits per heavy atom. The zero-order valence-electron chi connectivity index (χ0n) is 22.2. The number of benzene rings is 1. The third-order valence-corrected chi connectivity index (χ3v) is 7.05. The Hall–Kier alpha value is -2.89. The second-order valence-electron chi connectivity index (χ2n) is 9.73. The third kappa shape index (κ3) is 7.33. The average Bonchev–Trinajstić information content (AvgIpc) is 2.80. The maximum Gasteiger partial charge on any atom is 0.308 e. The third-order valence-electron chi connectivity index (χ3n) is 5.89. The summed E-state index contributed by atoms with van der Waals surface area (Å²) < 4.78 is 55.9. The maximum atomic E-state index is 13.7. The molecule has 9 nitrogen and oxygen atoms in total. The van der Waals surface area contributed by atoms with Crippen molar-refractivity contribution in [1.82, 2.24) is 9.97 Å². The van der Waals surface area contributed by atoms with Crippen molar-refractivity contribution in [2.75, 3.05) is 24.7 Å². The van der Waals surface area contributed by atoms with E-state index in [4.69, 9.17) is 14.2 Å². The summed E-state index contributed by atoms with van der Waals surface area (Å²) in [6.07, 6.45) is 4.50. The summed E-state index contributed by atoms with van der Waals surface area (Å²) in [5, 5.41) is 0. The van der Waals surface area contributed by atoms with Crippen molar-refractivity contribution < 1.29 is 31.8 Å². The Morgan fingerprint density at radius 3 is 2.46 bits per heavy atom. The number of aromatic nitrogens is 2. The number of methoxy groups -OCH3 is 1. The summed E-state index contributed by atoms with van der Waals surface area (Å²) in [6.45, 7) is 7.44. The molecule has 0 unspecified atom stereocenters. The molecule has 2 aromatic rings. The van der Waals surface area contributed by atoms with E-state index in [1.54, 1.807) is 26.0 Å². The number of sulfonamides is 1. The van der Waals surface area contributed by atoms with Crippen molar-refractivity contribution in [3.05, 3.63) is 47.4 Å². The molecule has 1 aliphatic rings. The van der Waals surface area contributed by atoms with Crippen molar-refractivity contribution in [3.63, 3.8) is 0 Å². The molecule has 37 heavy (non-hydrogen) atoms. The van der Waals surface area contributed by atoms with E-state index in [1.807, 2.05) is 26.0 Å². The standard InChI is InChI=1S/C26H34FN3O6S/c1-16(2)23-21(13-12-19-14-20(15-22(31)34-6)36-26(3,4)35-19)24(17-8-10-18(27)11-9-17)29-25(28-23)30(5)37(7,32)33/h8-13,16,19-20H,14-15H2,1-7H3/t19-,20-/m1/s1. The topological polar surface area (TPSA) is 108 Å². The first-order valence-electron chi connectivity index (χ1n) is 11.9. The molecule has 2 heterocycles. The largest absolute Gasteiger partial charge is 0.469 e. The summed E-state index contributed by atoms with van der Waals surface area (Å²) >= 11 is 0. The highest BCUT2D eigenvalue weighted by molar-refractivity contribution is 7.92. The minimum Gasteiger partial charge on any atom is -0.469 e. The lowest BCUT2D eigenvalue weighted by Crippen LogP contribution is -2.44. The van der Waals surface area contributed by atoms with Crippen molar-refractivity contribution in [2.24, 2.45) is 0 Å². The molecule has 2 atom stereocenters. The monoisotopic (exact) mass is 535 g/mol. The molecule has 0 saturated carbocycles. The molecule has 1 aromatic carbocycles. The van der Waals surface area contributed by atoms with Crippen LogP contribution in [0.3, 0.4) is 0 Å². The van der Waals surface area contributed by atoms with Gasteiger partial charge >= 0.3 is 5.97 Å². The molecule has 1 aliphatic heterocycles. The average molecular weight is 536 g/mol. The number of hydrogen-bond donors (Lipinski definition) is 0. The smallest absolute Gasteiger partial charge is 0.308 e. The maximum absolute atomic E-state index is 13.7. The van der Waals surface area contributed by atoms with Crippen LogP contribution in [0, 0.1) is 5.82 Å². The quantitative estimate of drug-likeness (QED) is 0.461. The van der Waals surface area contributed by atoms with Gasteiger partial charge in [0.05, 0.1) is 43.4 Å². The summed E-state index contributed by atoms with van der Waals surface area (Å²) in [6, 6.07) is 5.82. The van der Waals surface area contributed by atoms with Crippen molar-refractivity contribution in [1.29, 1.82) is 0 Å². The van der Waals surface area contributed by atoms with Crippen LogP contribution in [0.15, 0.2) is 30.3 Å². The molecule has 0 spiro atoms. The molecule has 0 bridgehead atoms. The lowest BCUT2D eigenvalue weighted by molar-refractivity contribution is -0.290. The van der Waals surface area contributed by atoms with Crippen LogP contribution in [-0.4, -0.2) is 62.8 Å². The van der Waals surface area contributed by atoms with E-state index in [9.17, 15) is 17.6 Å². The summed E-state index contributed by atoms with van der Waals surface area (Å²) in [5.74, 6) is -1.77. The second kappa shape index (κ2) is 11.2. The van der Waals surface area contributed by atoms with Gasteiger partial charge in [-0.3, -0.25) is 4.79 Å². The van der Waals surface area contributed by atoms with Crippen LogP contribution in [0.1, 0.15) is 57.7 Å². The number of rotatable bonds is 8. The van der Waals surface area contributed by atoms with E-state index in [2.05, 4.69) is 9.97 Å². The van der Waals surface area contributed by atoms with Gasteiger partial charge in [-0.15, -0.1) is 0 Å². The van der Waals surface area contributed by atoms with Gasteiger partial charge < -0.3 is 14.2 Å². The molecule has 0 amide bonds. The highest BCUT2D eigenvalue weighted by Gasteiger charge is 2.35. The van der Waals surface area contributed by atoms with Crippen LogP contribution in [-0.2, 0) is 29.0 Å². The predicted octanol–water partition coefficient (Wildman–Crippen LogP) is 4.29. The normalized spacial score (nSPS) is 19.8. The van der Waals surface area contributed by atoms with E-state index >= 15 is 0 Å². The van der Waals surface area contributed by atoms with E-state index in [1.165, 1.54) is 26.3 Å². The minimum atomic E-state index is -3.62. The molecule has 202 valence electrons. The second-order valence-corrected chi connectivity index (χ2v) is 11.7. The number of carbonyl (C=O) groups is 1. The summed E-state index contributed by atoms with van der Waals surface area (Å²) in [7, 11) is -0.899. The predicted molar refractivity (Wildman–Crippen MR) is 139 cm³/mol. The zero-order valence-corrected chi connectivity index (χ0v) is 23.0. The summed E-state index contributed by atoms with van der Waals surface area (Å²) in [5.41, 5.74) is 2.33. The van der Waals surface area contributed by atoms with Gasteiger partial charge in [0.1, 0.15) is 5.82 Å². The lowest BCUT2D eigenvalue weighted by atomic mass is 9.97. The SMILES string of the molecule is COC(=O)C[C@H]1C[C@@H](C=Cc2c(-c3ccc(F)cc3)nc(N(C)S(C)(=O)=O)nc2C(C)C)OC(C)(C)O1. The van der Waals surface area contributed by atoms with Crippen molar-refractivity contribution in [2.45, 2.75) is 64.4 Å². The number of esters is 1. The van der Waals surface area contributed by atoms with Gasteiger partial charge in [0, 0.05) is 24.6 Å². The van der Waals surface area contributed by atoms with E-state index in [0.717, 1.165) is 10.6 Å². The van der Waals surface area contributed by atoms with E-state index in [-0.39, 0.29) is 24.3 Å². The number of halogens is 1. The fraction of sp³-hybridized carbons (Fsp3) is 0.500. The Kier molecular flexibility index (Phi) is 8.71. The Balaban J connectivity index is 2.10. The molecule has 0 N–H and O–H groups in total. The minimum absolute atomic E-state index is 0.0178. The van der Waals surface area contributed by atoms with Crippen LogP contribution >= 0.6 is 0 Å². The van der Waals surface area contributed by atoms with Crippen LogP contribution in [0.25, 0.3) is 17.3 Å². The molecule has 0 aliphatic carbocycles. The molecule has 1 aromatic heterocycles. The van der Waals surface area contributed by atoms with Gasteiger partial charge in [0.25, 0.3) is 0 Å². The first-order valence-corrected chi connectivity index (χ1v) is 13.8. The highest BCUT2D eigenvalue weighted by atomic mass is 32.2. The first-order chi connectivity index (χ1) is 17.2. The fourth-order valence-electron chi connectivity index (χ4n) is 4.06. The van der Waals surface area contributed by atoms with E-state index < -0.39 is 33.8 Å². The lowest BCUT2D eigenvalue weighted by Gasteiger charge is -2.39. The van der Waals surface area contributed by atoms with Crippen LogP contribution in [0.5, 0.6) is 0 Å². The van der Waals surface area contributed by atoms with Gasteiger partial charge in [-0.1, -0.05) is 26.0 Å². The highest BCUT2D eigenvalue weighted by Crippen LogP contribution is 2.34. The molecule has 0 radical (unpaired) electrons. The number of carbonyl (C=O) groups excluding carboxylic acids is 1. The number of hydrogen-bond acceptors (Lipinski definition) is 8. The summed E-state index contributed by atoms with van der Waals surface area (Å²) in [4.78, 5) is 21.0.